The number of carbonyl (C=O) groups excluding carboxylic acids is 1. The van der Waals surface area contributed by atoms with E-state index in [1.807, 2.05) is 0 Å². The molecule has 1 heterocycles. The van der Waals surface area contributed by atoms with Gasteiger partial charge >= 0.3 is 0 Å². The number of carbonyl (C=O) groups is 1. The molecule has 0 fully saturated rings. The maximum Gasteiger partial charge on any atom is 0.259 e. The Morgan fingerprint density at radius 1 is 1.07 bits per heavy atom. The van der Waals surface area contributed by atoms with Crippen LogP contribution in [-0.4, -0.2) is 16.6 Å². The molecule has 2 aromatic carbocycles. The summed E-state index contributed by atoms with van der Waals surface area (Å²) in [6, 6.07) is 8.12. The maximum atomic E-state index is 14.4. The third-order valence-corrected chi connectivity index (χ3v) is 4.11. The summed E-state index contributed by atoms with van der Waals surface area (Å²) >= 11 is 0. The number of primary amides is 1. The molecule has 0 saturated heterocycles. The van der Waals surface area contributed by atoms with E-state index in [1.165, 1.54) is 30.5 Å². The van der Waals surface area contributed by atoms with E-state index in [4.69, 9.17) is 11.1 Å². The minimum absolute atomic E-state index is 0.0949. The fourth-order valence-electron chi connectivity index (χ4n) is 2.79. The molecule has 3 rings (SSSR count). The number of hydrogen-bond acceptors (Lipinski definition) is 4. The number of anilines is 2. The van der Waals surface area contributed by atoms with Crippen LogP contribution in [-0.2, 0) is 11.2 Å². The topological polar surface area (TPSA) is 112 Å². The Balaban J connectivity index is 2.09. The van der Waals surface area contributed by atoms with Crippen LogP contribution in [0, 0.1) is 22.9 Å². The molecule has 5 N–H and O–H groups in total. The molecule has 0 bridgehead atoms. The van der Waals surface area contributed by atoms with E-state index in [0.717, 1.165) is 18.2 Å². The van der Waals surface area contributed by atoms with Crippen molar-refractivity contribution in [3.8, 4) is 0 Å². The first-order chi connectivity index (χ1) is 13.8. The van der Waals surface area contributed by atoms with Gasteiger partial charge in [0, 0.05) is 11.8 Å². The van der Waals surface area contributed by atoms with Crippen LogP contribution in [0.5, 0.6) is 0 Å². The SMILES string of the molecule is N=C(c1cc(CC(N)=O)ccc1F)c1c(Nc2c(F)cccc2F)cc[nH]c1=O. The van der Waals surface area contributed by atoms with Crippen LogP contribution in [0.2, 0.25) is 0 Å². The van der Waals surface area contributed by atoms with Crippen LogP contribution >= 0.6 is 0 Å². The van der Waals surface area contributed by atoms with Gasteiger partial charge in [0.2, 0.25) is 5.91 Å². The van der Waals surface area contributed by atoms with E-state index >= 15 is 0 Å². The second-order valence-electron chi connectivity index (χ2n) is 6.15. The normalized spacial score (nSPS) is 10.6. The minimum atomic E-state index is -0.905. The predicted molar refractivity (Wildman–Crippen MR) is 102 cm³/mol. The molecule has 0 aliphatic rings. The van der Waals surface area contributed by atoms with Crippen molar-refractivity contribution in [3.63, 3.8) is 0 Å². The summed E-state index contributed by atoms with van der Waals surface area (Å²) in [4.78, 5) is 25.8. The summed E-state index contributed by atoms with van der Waals surface area (Å²) in [6.45, 7) is 0. The average Bonchev–Trinajstić information content (AvgIpc) is 2.65. The van der Waals surface area contributed by atoms with Gasteiger partial charge in [-0.1, -0.05) is 12.1 Å². The lowest BCUT2D eigenvalue weighted by Gasteiger charge is -2.14. The molecule has 148 valence electrons. The molecule has 0 atom stereocenters. The van der Waals surface area contributed by atoms with Gasteiger partial charge in [-0.2, -0.15) is 0 Å². The van der Waals surface area contributed by atoms with E-state index < -0.39 is 40.3 Å². The molecule has 0 unspecified atom stereocenters. The molecule has 1 amide bonds. The van der Waals surface area contributed by atoms with Crippen molar-refractivity contribution in [3.05, 3.63) is 93.2 Å². The number of nitrogens with one attached hydrogen (secondary N) is 3. The van der Waals surface area contributed by atoms with E-state index in [9.17, 15) is 22.8 Å². The molecular formula is C20H15F3N4O2. The highest BCUT2D eigenvalue weighted by atomic mass is 19.1. The van der Waals surface area contributed by atoms with Crippen molar-refractivity contribution in [1.29, 1.82) is 5.41 Å². The largest absolute Gasteiger partial charge is 0.369 e. The number of benzene rings is 2. The third kappa shape index (κ3) is 4.18. The fraction of sp³-hybridized carbons (Fsp3) is 0.0500. The Labute approximate surface area is 162 Å². The number of aromatic amines is 1. The van der Waals surface area contributed by atoms with Crippen molar-refractivity contribution >= 4 is 23.0 Å². The fourth-order valence-corrected chi connectivity index (χ4v) is 2.79. The Kier molecular flexibility index (Phi) is 5.49. The van der Waals surface area contributed by atoms with E-state index in [-0.39, 0.29) is 23.2 Å². The van der Waals surface area contributed by atoms with Gasteiger partial charge in [0.15, 0.2) is 0 Å². The van der Waals surface area contributed by atoms with Crippen molar-refractivity contribution in [1.82, 2.24) is 4.98 Å². The van der Waals surface area contributed by atoms with Crippen LogP contribution < -0.4 is 16.6 Å². The Bertz CT molecular complexity index is 1150. The summed E-state index contributed by atoms with van der Waals surface area (Å²) in [7, 11) is 0. The molecule has 9 heteroatoms. The van der Waals surface area contributed by atoms with Crippen molar-refractivity contribution < 1.29 is 18.0 Å². The number of nitrogens with two attached hydrogens (primary N) is 1. The lowest BCUT2D eigenvalue weighted by Crippen LogP contribution is -2.22. The Hall–Kier alpha value is -3.88. The first-order valence-corrected chi connectivity index (χ1v) is 8.36. The zero-order valence-corrected chi connectivity index (χ0v) is 14.9. The van der Waals surface area contributed by atoms with E-state index in [1.54, 1.807) is 0 Å². The molecular weight excluding hydrogens is 385 g/mol. The second-order valence-corrected chi connectivity index (χ2v) is 6.15. The summed E-state index contributed by atoms with van der Waals surface area (Å²) < 4.78 is 42.3. The van der Waals surface area contributed by atoms with Gasteiger partial charge in [0.05, 0.1) is 23.4 Å². The number of halogens is 3. The quantitative estimate of drug-likeness (QED) is 0.477. The molecule has 1 aromatic heterocycles. The molecule has 0 aliphatic heterocycles. The lowest BCUT2D eigenvalue weighted by molar-refractivity contribution is -0.117. The second kappa shape index (κ2) is 8.01. The molecule has 0 spiro atoms. The van der Waals surface area contributed by atoms with Crippen LogP contribution in [0.3, 0.4) is 0 Å². The molecule has 0 radical (unpaired) electrons. The summed E-state index contributed by atoms with van der Waals surface area (Å²) in [5.74, 6) is -3.27. The lowest BCUT2D eigenvalue weighted by atomic mass is 9.98. The highest BCUT2D eigenvalue weighted by Gasteiger charge is 2.20. The van der Waals surface area contributed by atoms with Crippen molar-refractivity contribution in [2.75, 3.05) is 5.32 Å². The zero-order chi connectivity index (χ0) is 21.1. The highest BCUT2D eigenvalue weighted by molar-refractivity contribution is 6.14. The van der Waals surface area contributed by atoms with E-state index in [0.29, 0.717) is 5.56 Å². The summed E-state index contributed by atoms with van der Waals surface area (Å²) in [6.07, 6.45) is 1.04. The predicted octanol–water partition coefficient (Wildman–Crippen LogP) is 2.98. The Morgan fingerprint density at radius 2 is 1.76 bits per heavy atom. The number of para-hydroxylation sites is 1. The molecule has 6 nitrogen and oxygen atoms in total. The monoisotopic (exact) mass is 400 g/mol. The molecule has 0 saturated carbocycles. The number of amides is 1. The number of aromatic nitrogens is 1. The third-order valence-electron chi connectivity index (χ3n) is 4.11. The first kappa shape index (κ1) is 19.9. The number of hydrogen-bond donors (Lipinski definition) is 4. The van der Waals surface area contributed by atoms with Gasteiger partial charge < -0.3 is 16.0 Å². The maximum absolute atomic E-state index is 14.4. The van der Waals surface area contributed by atoms with Gasteiger partial charge in [0.1, 0.15) is 23.1 Å². The minimum Gasteiger partial charge on any atom is -0.369 e. The van der Waals surface area contributed by atoms with Gasteiger partial charge in [-0.25, -0.2) is 13.2 Å². The van der Waals surface area contributed by atoms with Crippen molar-refractivity contribution in [2.24, 2.45) is 5.73 Å². The highest BCUT2D eigenvalue weighted by Crippen LogP contribution is 2.26. The molecule has 29 heavy (non-hydrogen) atoms. The number of H-pyrrole nitrogens is 1. The standard InChI is InChI=1S/C20H15F3N4O2/c21-12-5-4-10(9-16(24)28)8-11(12)18(25)17-15(6-7-26-20(17)29)27-19-13(22)2-1-3-14(19)23/h1-8,25H,9H2,(H2,24,28)(H2,26,27,29). The van der Waals surface area contributed by atoms with Crippen LogP contribution in [0.15, 0.2) is 53.5 Å². The van der Waals surface area contributed by atoms with Crippen LogP contribution in [0.25, 0.3) is 0 Å². The van der Waals surface area contributed by atoms with Crippen LogP contribution in [0.4, 0.5) is 24.5 Å². The van der Waals surface area contributed by atoms with Gasteiger partial charge in [0.25, 0.3) is 5.56 Å². The van der Waals surface area contributed by atoms with Gasteiger partial charge in [-0.05, 0) is 35.9 Å². The average molecular weight is 400 g/mol. The number of rotatable bonds is 6. The van der Waals surface area contributed by atoms with Crippen LogP contribution in [0.1, 0.15) is 16.7 Å². The number of pyridine rings is 1. The van der Waals surface area contributed by atoms with Gasteiger partial charge in [-0.3, -0.25) is 15.0 Å². The molecule has 0 aliphatic carbocycles. The summed E-state index contributed by atoms with van der Waals surface area (Å²) in [5.41, 5.74) is 2.98. The summed E-state index contributed by atoms with van der Waals surface area (Å²) in [5, 5.41) is 10.8. The van der Waals surface area contributed by atoms with E-state index in [2.05, 4.69) is 10.3 Å². The molecule has 3 aromatic rings. The Morgan fingerprint density at radius 3 is 2.41 bits per heavy atom. The van der Waals surface area contributed by atoms with Crippen molar-refractivity contribution in [2.45, 2.75) is 6.42 Å². The zero-order valence-electron chi connectivity index (χ0n) is 14.9. The first-order valence-electron chi connectivity index (χ1n) is 8.36. The van der Waals surface area contributed by atoms with Gasteiger partial charge in [-0.15, -0.1) is 0 Å². The smallest absolute Gasteiger partial charge is 0.259 e.